The Hall–Kier alpha value is -0.705. The number of benzene rings is 1. The fourth-order valence-electron chi connectivity index (χ4n) is 3.00. The van der Waals surface area contributed by atoms with Crippen LogP contribution in [0.5, 0.6) is 0 Å². The van der Waals surface area contributed by atoms with Crippen molar-refractivity contribution in [3.63, 3.8) is 0 Å². The third-order valence-corrected chi connectivity index (χ3v) is 4.06. The third-order valence-electron chi connectivity index (χ3n) is 4.06. The van der Waals surface area contributed by atoms with E-state index >= 15 is 0 Å². The predicted molar refractivity (Wildman–Crippen MR) is 74.7 cm³/mol. The van der Waals surface area contributed by atoms with E-state index in [1.807, 2.05) is 0 Å². The molecule has 0 aromatic heterocycles. The van der Waals surface area contributed by atoms with Gasteiger partial charge in [0.1, 0.15) is 37.4 Å². The van der Waals surface area contributed by atoms with Gasteiger partial charge in [-0.25, -0.2) is 0 Å². The van der Waals surface area contributed by atoms with E-state index in [1.54, 1.807) is 24.3 Å². The van der Waals surface area contributed by atoms with Gasteiger partial charge in [-0.1, -0.05) is 24.3 Å². The Morgan fingerprint density at radius 3 is 2.45 bits per heavy atom. The molecule has 0 amide bonds. The highest BCUT2D eigenvalue weighted by Gasteiger charge is 2.47. The number of hydrogen-bond donors (Lipinski definition) is 7. The molecule has 0 bridgehead atoms. The van der Waals surface area contributed by atoms with E-state index in [-0.39, 0.29) is 19.0 Å². The van der Waals surface area contributed by atoms with Gasteiger partial charge < -0.3 is 47.8 Å². The molecule has 2 rings (SSSR count). The SMILES string of the molecule is OC[C@@H](O)[C@H]1[C@H](O)[C@H](O)C[NH+]1Cc1ccccc1B(O)O.[Cl-]. The number of halogens is 1. The molecule has 0 radical (unpaired) electrons. The van der Waals surface area contributed by atoms with E-state index in [2.05, 4.69) is 0 Å². The molecule has 9 heteroatoms. The molecule has 1 aromatic carbocycles. The average Bonchev–Trinajstić information content (AvgIpc) is 2.73. The zero-order valence-corrected chi connectivity index (χ0v) is 12.6. The molecule has 7 N–H and O–H groups in total. The van der Waals surface area contributed by atoms with Gasteiger partial charge in [0.15, 0.2) is 0 Å². The molecular formula is C13H21BClNO6. The van der Waals surface area contributed by atoms with E-state index < -0.39 is 38.1 Å². The van der Waals surface area contributed by atoms with Crippen LogP contribution in [-0.4, -0.2) is 75.1 Å². The first kappa shape index (κ1) is 19.3. The molecule has 1 heterocycles. The molecule has 7 nitrogen and oxygen atoms in total. The molecule has 5 atom stereocenters. The Morgan fingerprint density at radius 1 is 1.23 bits per heavy atom. The van der Waals surface area contributed by atoms with Gasteiger partial charge in [-0.3, -0.25) is 0 Å². The normalized spacial score (nSPS) is 29.0. The van der Waals surface area contributed by atoms with Crippen LogP contribution < -0.4 is 22.8 Å². The van der Waals surface area contributed by atoms with Crippen molar-refractivity contribution in [2.24, 2.45) is 0 Å². The van der Waals surface area contributed by atoms with Crippen molar-refractivity contribution in [1.29, 1.82) is 0 Å². The number of rotatable bonds is 5. The lowest BCUT2D eigenvalue weighted by Gasteiger charge is -2.26. The molecular weight excluding hydrogens is 312 g/mol. The first-order valence-electron chi connectivity index (χ1n) is 6.89. The summed E-state index contributed by atoms with van der Waals surface area (Å²) in [6.07, 6.45) is -3.27. The highest BCUT2D eigenvalue weighted by Crippen LogP contribution is 2.09. The minimum atomic E-state index is -1.61. The first-order chi connectivity index (χ1) is 9.95. The number of hydrogen-bond acceptors (Lipinski definition) is 6. The maximum Gasteiger partial charge on any atom is 0.488 e. The molecule has 124 valence electrons. The summed E-state index contributed by atoms with van der Waals surface area (Å²) in [4.78, 5) is 0.685. The topological polar surface area (TPSA) is 126 Å². The summed E-state index contributed by atoms with van der Waals surface area (Å²) >= 11 is 0. The summed E-state index contributed by atoms with van der Waals surface area (Å²) in [5.41, 5.74) is 0.997. The van der Waals surface area contributed by atoms with Gasteiger partial charge in [-0.2, -0.15) is 0 Å². The van der Waals surface area contributed by atoms with Crippen molar-refractivity contribution in [3.8, 4) is 0 Å². The predicted octanol–water partition coefficient (Wildman–Crippen LogP) is -7.79. The minimum absolute atomic E-state index is 0. The van der Waals surface area contributed by atoms with Crippen LogP contribution in [0.2, 0.25) is 0 Å². The second kappa shape index (κ2) is 8.23. The van der Waals surface area contributed by atoms with Gasteiger partial charge in [0, 0.05) is 5.56 Å². The summed E-state index contributed by atoms with van der Waals surface area (Å²) in [6, 6.07) is 6.01. The maximum absolute atomic E-state index is 9.95. The summed E-state index contributed by atoms with van der Waals surface area (Å²) in [7, 11) is -1.61. The summed E-state index contributed by atoms with van der Waals surface area (Å²) in [6.45, 7) is -0.00932. The van der Waals surface area contributed by atoms with Crippen LogP contribution in [0.4, 0.5) is 0 Å². The molecule has 1 aliphatic heterocycles. The first-order valence-corrected chi connectivity index (χ1v) is 6.89. The van der Waals surface area contributed by atoms with Crippen LogP contribution in [0.1, 0.15) is 5.56 Å². The molecule has 0 saturated carbocycles. The molecule has 1 aromatic rings. The fourth-order valence-corrected chi connectivity index (χ4v) is 3.00. The van der Waals surface area contributed by atoms with Gasteiger partial charge in [-0.15, -0.1) is 0 Å². The van der Waals surface area contributed by atoms with Crippen LogP contribution in [0.3, 0.4) is 0 Å². The van der Waals surface area contributed by atoms with Crippen molar-refractivity contribution in [2.75, 3.05) is 13.2 Å². The van der Waals surface area contributed by atoms with E-state index in [4.69, 9.17) is 5.11 Å². The Labute approximate surface area is 135 Å². The van der Waals surface area contributed by atoms with Crippen molar-refractivity contribution in [3.05, 3.63) is 29.8 Å². The van der Waals surface area contributed by atoms with Gasteiger partial charge in [0.2, 0.25) is 0 Å². The quantitative estimate of drug-likeness (QED) is 0.268. The van der Waals surface area contributed by atoms with E-state index in [1.165, 1.54) is 0 Å². The molecule has 0 aliphatic carbocycles. The van der Waals surface area contributed by atoms with Gasteiger partial charge >= 0.3 is 7.12 Å². The molecule has 1 unspecified atom stereocenters. The highest BCUT2D eigenvalue weighted by atomic mass is 35.5. The Kier molecular flexibility index (Phi) is 7.24. The third kappa shape index (κ3) is 3.98. The number of nitrogens with one attached hydrogen (secondary N) is 1. The van der Waals surface area contributed by atoms with Crippen LogP contribution >= 0.6 is 0 Å². The highest BCUT2D eigenvalue weighted by molar-refractivity contribution is 6.59. The molecule has 0 spiro atoms. The van der Waals surface area contributed by atoms with Crippen molar-refractivity contribution in [2.45, 2.75) is 30.9 Å². The van der Waals surface area contributed by atoms with Crippen LogP contribution in [0.15, 0.2) is 24.3 Å². The van der Waals surface area contributed by atoms with E-state index in [9.17, 15) is 25.4 Å². The van der Waals surface area contributed by atoms with Crippen molar-refractivity contribution >= 4 is 12.6 Å². The Morgan fingerprint density at radius 2 is 1.86 bits per heavy atom. The summed E-state index contributed by atoms with van der Waals surface area (Å²) in [5.74, 6) is 0. The monoisotopic (exact) mass is 333 g/mol. The second-order valence-electron chi connectivity index (χ2n) is 5.45. The number of quaternary nitrogens is 1. The summed E-state index contributed by atoms with van der Waals surface area (Å²) in [5, 5.41) is 57.4. The standard InChI is InChI=1S/C13H20BNO6.ClH/c16-7-11(18)12-13(19)10(17)6-15(12)5-8-3-1-2-4-9(8)14(20)21;/h1-4,10-13,16-21H,5-7H2;1H/t10-,11-,12+,13-;/m1./s1. The molecule has 1 aliphatic rings. The lowest BCUT2D eigenvalue weighted by Crippen LogP contribution is -3.15. The Balaban J connectivity index is 0.00000242. The van der Waals surface area contributed by atoms with Gasteiger partial charge in [0.25, 0.3) is 0 Å². The van der Waals surface area contributed by atoms with Gasteiger partial charge in [0.05, 0.1) is 6.61 Å². The lowest BCUT2D eigenvalue weighted by molar-refractivity contribution is -0.932. The smallest absolute Gasteiger partial charge is 0.488 e. The van der Waals surface area contributed by atoms with Crippen LogP contribution in [0.25, 0.3) is 0 Å². The van der Waals surface area contributed by atoms with E-state index in [0.29, 0.717) is 22.5 Å². The average molecular weight is 334 g/mol. The lowest BCUT2D eigenvalue weighted by atomic mass is 9.77. The molecule has 1 saturated heterocycles. The number of likely N-dealkylation sites (tertiary alicyclic amines) is 1. The second-order valence-corrected chi connectivity index (χ2v) is 5.45. The van der Waals surface area contributed by atoms with Gasteiger partial charge in [-0.05, 0) is 5.46 Å². The fraction of sp³-hybridized carbons (Fsp3) is 0.538. The largest absolute Gasteiger partial charge is 1.00 e. The van der Waals surface area contributed by atoms with E-state index in [0.717, 1.165) is 0 Å². The zero-order valence-electron chi connectivity index (χ0n) is 11.9. The van der Waals surface area contributed by atoms with Crippen LogP contribution in [0, 0.1) is 0 Å². The number of aliphatic hydroxyl groups is 4. The molecule has 22 heavy (non-hydrogen) atoms. The summed E-state index contributed by atoms with van der Waals surface area (Å²) < 4.78 is 0. The maximum atomic E-state index is 9.95. The minimum Gasteiger partial charge on any atom is -1.00 e. The Bertz CT molecular complexity index is 480. The van der Waals surface area contributed by atoms with Crippen LogP contribution in [-0.2, 0) is 6.54 Å². The van der Waals surface area contributed by atoms with Crippen molar-refractivity contribution in [1.82, 2.24) is 0 Å². The zero-order chi connectivity index (χ0) is 15.6. The molecule has 1 fully saturated rings. The number of aliphatic hydroxyl groups excluding tert-OH is 4. The van der Waals surface area contributed by atoms with Crippen molar-refractivity contribution < 1.29 is 47.8 Å².